The molecule has 0 radical (unpaired) electrons. The zero-order valence-corrected chi connectivity index (χ0v) is 13.8. The highest BCUT2D eigenvalue weighted by molar-refractivity contribution is 5.84. The zero-order valence-electron chi connectivity index (χ0n) is 13.8. The van der Waals surface area contributed by atoms with Crippen LogP contribution in [0.5, 0.6) is 5.75 Å². The van der Waals surface area contributed by atoms with E-state index in [0.29, 0.717) is 13.0 Å². The van der Waals surface area contributed by atoms with Crippen LogP contribution >= 0.6 is 0 Å². The fourth-order valence-corrected chi connectivity index (χ4v) is 1.95. The van der Waals surface area contributed by atoms with Gasteiger partial charge in [0.2, 0.25) is 5.91 Å². The number of primary amides is 1. The molecule has 0 aromatic heterocycles. The molecule has 0 bridgehead atoms. The molecular formula is C17H28N2O2. The number of carbonyl (C=O) groups excluding carboxylic acids is 1. The summed E-state index contributed by atoms with van der Waals surface area (Å²) in [6.45, 7) is 8.87. The van der Waals surface area contributed by atoms with Crippen molar-refractivity contribution in [3.05, 3.63) is 29.8 Å². The number of hydrogen-bond donors (Lipinski definition) is 2. The number of benzene rings is 1. The third-order valence-corrected chi connectivity index (χ3v) is 4.49. The quantitative estimate of drug-likeness (QED) is 0.774. The number of nitrogens with two attached hydrogens (primary N) is 1. The van der Waals surface area contributed by atoms with E-state index in [1.54, 1.807) is 14.0 Å². The molecule has 0 aliphatic heterocycles. The Balaban J connectivity index is 2.60. The smallest absolute Gasteiger partial charge is 0.237 e. The second-order valence-electron chi connectivity index (χ2n) is 6.31. The van der Waals surface area contributed by atoms with Gasteiger partial charge in [-0.15, -0.1) is 0 Å². The molecule has 0 aliphatic rings. The summed E-state index contributed by atoms with van der Waals surface area (Å²) in [6.07, 6.45) is 1.62. The van der Waals surface area contributed by atoms with Crippen molar-refractivity contribution >= 4 is 5.91 Å². The van der Waals surface area contributed by atoms with Gasteiger partial charge in [0, 0.05) is 6.42 Å². The summed E-state index contributed by atoms with van der Waals surface area (Å²) < 4.78 is 5.71. The van der Waals surface area contributed by atoms with Crippen molar-refractivity contribution in [3.8, 4) is 5.75 Å². The van der Waals surface area contributed by atoms with Crippen molar-refractivity contribution in [1.82, 2.24) is 5.32 Å². The van der Waals surface area contributed by atoms with E-state index >= 15 is 0 Å². The molecule has 1 aromatic rings. The third-order valence-electron chi connectivity index (χ3n) is 4.49. The van der Waals surface area contributed by atoms with Gasteiger partial charge in [0.25, 0.3) is 0 Å². The van der Waals surface area contributed by atoms with E-state index in [2.05, 4.69) is 38.2 Å². The summed E-state index contributed by atoms with van der Waals surface area (Å²) in [5.74, 6) is 0.446. The maximum Gasteiger partial charge on any atom is 0.237 e. The molecule has 4 heteroatoms. The number of amides is 1. The lowest BCUT2D eigenvalue weighted by molar-refractivity contribution is -0.124. The van der Waals surface area contributed by atoms with E-state index in [4.69, 9.17) is 10.5 Å². The minimum atomic E-state index is -0.732. The van der Waals surface area contributed by atoms with Crippen LogP contribution in [0, 0.1) is 0 Å². The largest absolute Gasteiger partial charge is 0.494 e. The van der Waals surface area contributed by atoms with Gasteiger partial charge in [-0.2, -0.15) is 0 Å². The molecule has 1 aromatic carbocycles. The van der Waals surface area contributed by atoms with E-state index in [0.717, 1.165) is 12.2 Å². The van der Waals surface area contributed by atoms with Crippen LogP contribution < -0.4 is 15.8 Å². The van der Waals surface area contributed by atoms with Gasteiger partial charge in [-0.25, -0.2) is 0 Å². The van der Waals surface area contributed by atoms with Crippen LogP contribution in [-0.2, 0) is 10.2 Å². The number of ether oxygens (including phenoxy) is 1. The monoisotopic (exact) mass is 292 g/mol. The van der Waals surface area contributed by atoms with Crippen LogP contribution in [0.15, 0.2) is 24.3 Å². The maximum absolute atomic E-state index is 11.4. The van der Waals surface area contributed by atoms with E-state index in [1.807, 2.05) is 12.1 Å². The van der Waals surface area contributed by atoms with Crippen molar-refractivity contribution in [1.29, 1.82) is 0 Å². The molecule has 0 saturated heterocycles. The van der Waals surface area contributed by atoms with Crippen LogP contribution in [0.1, 0.15) is 46.1 Å². The predicted octanol–water partition coefficient (Wildman–Crippen LogP) is 2.61. The topological polar surface area (TPSA) is 64.3 Å². The first kappa shape index (κ1) is 17.5. The van der Waals surface area contributed by atoms with E-state index in [-0.39, 0.29) is 11.3 Å². The Bertz CT molecular complexity index is 468. The maximum atomic E-state index is 11.4. The van der Waals surface area contributed by atoms with Gasteiger partial charge in [0.05, 0.1) is 12.1 Å². The molecule has 1 amide bonds. The SMILES string of the molecule is CCC(C)(C)c1ccc(OCCC(C)(NC)C(N)=O)cc1. The summed E-state index contributed by atoms with van der Waals surface area (Å²) in [5, 5.41) is 2.95. The van der Waals surface area contributed by atoms with Crippen molar-refractivity contribution in [2.45, 2.75) is 51.5 Å². The van der Waals surface area contributed by atoms with E-state index in [1.165, 1.54) is 5.56 Å². The van der Waals surface area contributed by atoms with Crippen LogP contribution in [0.25, 0.3) is 0 Å². The minimum Gasteiger partial charge on any atom is -0.494 e. The molecule has 3 N–H and O–H groups in total. The second-order valence-corrected chi connectivity index (χ2v) is 6.31. The lowest BCUT2D eigenvalue weighted by atomic mass is 9.82. The average molecular weight is 292 g/mol. The van der Waals surface area contributed by atoms with Crippen molar-refractivity contribution in [2.75, 3.05) is 13.7 Å². The minimum absolute atomic E-state index is 0.176. The number of nitrogens with one attached hydrogen (secondary N) is 1. The highest BCUT2D eigenvalue weighted by atomic mass is 16.5. The molecule has 1 rings (SSSR count). The van der Waals surface area contributed by atoms with Crippen molar-refractivity contribution in [3.63, 3.8) is 0 Å². The van der Waals surface area contributed by atoms with Gasteiger partial charge < -0.3 is 15.8 Å². The number of likely N-dealkylation sites (N-methyl/N-ethyl adjacent to an activating group) is 1. The molecule has 118 valence electrons. The Hall–Kier alpha value is -1.55. The van der Waals surface area contributed by atoms with Crippen LogP contribution in [0.2, 0.25) is 0 Å². The molecule has 1 atom stereocenters. The Morgan fingerprint density at radius 3 is 2.24 bits per heavy atom. The Morgan fingerprint density at radius 2 is 1.81 bits per heavy atom. The van der Waals surface area contributed by atoms with Gasteiger partial charge in [0.15, 0.2) is 0 Å². The van der Waals surface area contributed by atoms with Crippen LogP contribution in [-0.4, -0.2) is 25.1 Å². The van der Waals surface area contributed by atoms with Gasteiger partial charge in [-0.1, -0.05) is 32.9 Å². The zero-order chi connectivity index (χ0) is 16.1. The fraction of sp³-hybridized carbons (Fsp3) is 0.588. The molecule has 0 heterocycles. The number of carbonyl (C=O) groups is 1. The van der Waals surface area contributed by atoms with Crippen LogP contribution in [0.4, 0.5) is 0 Å². The second kappa shape index (κ2) is 6.94. The Morgan fingerprint density at radius 1 is 1.24 bits per heavy atom. The molecule has 21 heavy (non-hydrogen) atoms. The lowest BCUT2D eigenvalue weighted by Gasteiger charge is -2.25. The number of hydrogen-bond acceptors (Lipinski definition) is 3. The number of rotatable bonds is 8. The molecule has 4 nitrogen and oxygen atoms in total. The summed E-state index contributed by atoms with van der Waals surface area (Å²) >= 11 is 0. The summed E-state index contributed by atoms with van der Waals surface area (Å²) in [5.41, 5.74) is 6.13. The van der Waals surface area contributed by atoms with Crippen molar-refractivity contribution < 1.29 is 9.53 Å². The molecule has 0 spiro atoms. The summed E-state index contributed by atoms with van der Waals surface area (Å²) in [4.78, 5) is 11.4. The molecule has 1 unspecified atom stereocenters. The van der Waals surface area contributed by atoms with Gasteiger partial charge in [-0.05, 0) is 43.5 Å². The summed E-state index contributed by atoms with van der Waals surface area (Å²) in [6, 6.07) is 8.16. The third kappa shape index (κ3) is 4.46. The first-order chi connectivity index (χ1) is 9.75. The van der Waals surface area contributed by atoms with Crippen LogP contribution in [0.3, 0.4) is 0 Å². The highest BCUT2D eigenvalue weighted by Crippen LogP contribution is 2.28. The van der Waals surface area contributed by atoms with Crippen molar-refractivity contribution in [2.24, 2.45) is 5.73 Å². The molecule has 0 aliphatic carbocycles. The first-order valence-electron chi connectivity index (χ1n) is 7.47. The predicted molar refractivity (Wildman–Crippen MR) is 86.5 cm³/mol. The average Bonchev–Trinajstić information content (AvgIpc) is 2.47. The summed E-state index contributed by atoms with van der Waals surface area (Å²) in [7, 11) is 1.73. The van der Waals surface area contributed by atoms with Gasteiger partial charge in [-0.3, -0.25) is 4.79 Å². The van der Waals surface area contributed by atoms with E-state index < -0.39 is 5.54 Å². The molecule has 0 fully saturated rings. The Labute approximate surface area is 128 Å². The highest BCUT2D eigenvalue weighted by Gasteiger charge is 2.28. The van der Waals surface area contributed by atoms with Gasteiger partial charge >= 0.3 is 0 Å². The Kier molecular flexibility index (Phi) is 5.78. The van der Waals surface area contributed by atoms with E-state index in [9.17, 15) is 4.79 Å². The van der Waals surface area contributed by atoms with Gasteiger partial charge in [0.1, 0.15) is 5.75 Å². The normalized spacial score (nSPS) is 14.5. The standard InChI is InChI=1S/C17H28N2O2/c1-6-16(2,3)13-7-9-14(10-8-13)21-12-11-17(4,19-5)15(18)20/h7-10,19H,6,11-12H2,1-5H3,(H2,18,20). The molecular weight excluding hydrogens is 264 g/mol. The molecule has 0 saturated carbocycles. The fourth-order valence-electron chi connectivity index (χ4n) is 1.95. The first-order valence-corrected chi connectivity index (χ1v) is 7.47. The lowest BCUT2D eigenvalue weighted by Crippen LogP contribution is -2.52.